The van der Waals surface area contributed by atoms with E-state index >= 15 is 0 Å². The van der Waals surface area contributed by atoms with E-state index in [0.29, 0.717) is 6.54 Å². The standard InChI is InChI=1S/C12H19N3O/c1-10-2-3-11(9-14-10)12(8-13)15-4-6-16-7-5-15/h2-3,9,12H,4-8,13H2,1H3. The first-order chi connectivity index (χ1) is 7.81. The van der Waals surface area contributed by atoms with E-state index in [4.69, 9.17) is 10.5 Å². The molecule has 0 radical (unpaired) electrons. The molecule has 1 atom stereocenters. The fourth-order valence-electron chi connectivity index (χ4n) is 2.06. The van der Waals surface area contributed by atoms with Crippen molar-refractivity contribution in [1.82, 2.24) is 9.88 Å². The van der Waals surface area contributed by atoms with E-state index in [2.05, 4.69) is 16.0 Å². The van der Waals surface area contributed by atoms with Crippen molar-refractivity contribution in [3.63, 3.8) is 0 Å². The van der Waals surface area contributed by atoms with E-state index in [1.165, 1.54) is 5.56 Å². The van der Waals surface area contributed by atoms with Gasteiger partial charge in [0.15, 0.2) is 0 Å². The first-order valence-electron chi connectivity index (χ1n) is 5.75. The lowest BCUT2D eigenvalue weighted by Gasteiger charge is -2.33. The van der Waals surface area contributed by atoms with Gasteiger partial charge >= 0.3 is 0 Å². The van der Waals surface area contributed by atoms with Gasteiger partial charge in [-0.25, -0.2) is 0 Å². The van der Waals surface area contributed by atoms with Crippen LogP contribution in [-0.4, -0.2) is 42.7 Å². The van der Waals surface area contributed by atoms with Crippen LogP contribution in [0.25, 0.3) is 0 Å². The normalized spacial score (nSPS) is 19.6. The molecule has 0 spiro atoms. The molecule has 0 amide bonds. The van der Waals surface area contributed by atoms with Gasteiger partial charge in [0.05, 0.1) is 13.2 Å². The monoisotopic (exact) mass is 221 g/mol. The summed E-state index contributed by atoms with van der Waals surface area (Å²) in [4.78, 5) is 6.70. The van der Waals surface area contributed by atoms with Crippen LogP contribution < -0.4 is 5.73 Å². The third-order valence-corrected chi connectivity index (χ3v) is 3.03. The van der Waals surface area contributed by atoms with Crippen molar-refractivity contribution in [2.45, 2.75) is 13.0 Å². The lowest BCUT2D eigenvalue weighted by atomic mass is 10.1. The molecular weight excluding hydrogens is 202 g/mol. The average Bonchev–Trinajstić information content (AvgIpc) is 2.34. The Hall–Kier alpha value is -0.970. The fourth-order valence-corrected chi connectivity index (χ4v) is 2.06. The van der Waals surface area contributed by atoms with Gasteiger partial charge in [-0.05, 0) is 18.6 Å². The summed E-state index contributed by atoms with van der Waals surface area (Å²) in [7, 11) is 0. The number of ether oxygens (including phenoxy) is 1. The molecule has 4 heteroatoms. The topological polar surface area (TPSA) is 51.4 Å². The first kappa shape index (κ1) is 11.5. The van der Waals surface area contributed by atoms with Gasteiger partial charge in [0.1, 0.15) is 0 Å². The van der Waals surface area contributed by atoms with E-state index in [0.717, 1.165) is 32.0 Å². The van der Waals surface area contributed by atoms with Crippen molar-refractivity contribution in [2.75, 3.05) is 32.8 Å². The van der Waals surface area contributed by atoms with E-state index in [-0.39, 0.29) is 6.04 Å². The van der Waals surface area contributed by atoms with Crippen molar-refractivity contribution in [3.05, 3.63) is 29.6 Å². The number of aromatic nitrogens is 1. The Kier molecular flexibility index (Phi) is 3.88. The molecule has 0 saturated carbocycles. The predicted molar refractivity (Wildman–Crippen MR) is 63.2 cm³/mol. The van der Waals surface area contributed by atoms with E-state index in [1.54, 1.807) is 0 Å². The lowest BCUT2D eigenvalue weighted by molar-refractivity contribution is 0.0178. The summed E-state index contributed by atoms with van der Waals surface area (Å²) in [5.41, 5.74) is 8.11. The molecule has 1 fully saturated rings. The van der Waals surface area contributed by atoms with Crippen molar-refractivity contribution in [2.24, 2.45) is 5.73 Å². The first-order valence-corrected chi connectivity index (χ1v) is 5.75. The van der Waals surface area contributed by atoms with Gasteiger partial charge in [-0.15, -0.1) is 0 Å². The van der Waals surface area contributed by atoms with Crippen molar-refractivity contribution in [1.29, 1.82) is 0 Å². The fraction of sp³-hybridized carbons (Fsp3) is 0.583. The zero-order valence-electron chi connectivity index (χ0n) is 9.72. The van der Waals surface area contributed by atoms with E-state index in [1.807, 2.05) is 19.2 Å². The minimum atomic E-state index is 0.275. The molecule has 16 heavy (non-hydrogen) atoms. The summed E-state index contributed by atoms with van der Waals surface area (Å²) in [6.07, 6.45) is 1.93. The molecule has 0 bridgehead atoms. The van der Waals surface area contributed by atoms with Crippen LogP contribution in [0, 0.1) is 6.92 Å². The lowest BCUT2D eigenvalue weighted by Crippen LogP contribution is -2.41. The number of rotatable bonds is 3. The average molecular weight is 221 g/mol. The van der Waals surface area contributed by atoms with Gasteiger partial charge in [0.2, 0.25) is 0 Å². The molecular formula is C12H19N3O. The van der Waals surface area contributed by atoms with Crippen LogP contribution in [0.2, 0.25) is 0 Å². The van der Waals surface area contributed by atoms with Crippen LogP contribution in [0.15, 0.2) is 18.3 Å². The number of hydrogen-bond donors (Lipinski definition) is 1. The number of morpholine rings is 1. The second-order valence-electron chi connectivity index (χ2n) is 4.13. The van der Waals surface area contributed by atoms with E-state index in [9.17, 15) is 0 Å². The molecule has 2 heterocycles. The number of aryl methyl sites for hydroxylation is 1. The molecule has 1 aliphatic heterocycles. The summed E-state index contributed by atoms with van der Waals surface area (Å²) in [6, 6.07) is 4.44. The summed E-state index contributed by atoms with van der Waals surface area (Å²) < 4.78 is 5.35. The Balaban J connectivity index is 2.11. The maximum atomic E-state index is 5.86. The smallest absolute Gasteiger partial charge is 0.0594 e. The Morgan fingerprint density at radius 3 is 2.75 bits per heavy atom. The molecule has 1 unspecified atom stereocenters. The Bertz CT molecular complexity index is 320. The number of nitrogens with zero attached hydrogens (tertiary/aromatic N) is 2. The number of nitrogens with two attached hydrogens (primary N) is 1. The highest BCUT2D eigenvalue weighted by Crippen LogP contribution is 2.19. The maximum absolute atomic E-state index is 5.86. The van der Waals surface area contributed by atoms with Gasteiger partial charge in [-0.3, -0.25) is 9.88 Å². The van der Waals surface area contributed by atoms with Crippen molar-refractivity contribution < 1.29 is 4.74 Å². The van der Waals surface area contributed by atoms with Crippen LogP contribution in [-0.2, 0) is 4.74 Å². The third kappa shape index (κ3) is 2.58. The van der Waals surface area contributed by atoms with Gasteiger partial charge < -0.3 is 10.5 Å². The van der Waals surface area contributed by atoms with Crippen LogP contribution >= 0.6 is 0 Å². The van der Waals surface area contributed by atoms with Crippen LogP contribution in [0.1, 0.15) is 17.3 Å². The molecule has 0 aromatic carbocycles. The largest absolute Gasteiger partial charge is 0.379 e. The summed E-state index contributed by atoms with van der Waals surface area (Å²) >= 11 is 0. The van der Waals surface area contributed by atoms with Gasteiger partial charge in [0, 0.05) is 37.6 Å². The SMILES string of the molecule is Cc1ccc(C(CN)N2CCOCC2)cn1. The third-order valence-electron chi connectivity index (χ3n) is 3.03. The second kappa shape index (κ2) is 5.39. The molecule has 1 aromatic rings. The van der Waals surface area contributed by atoms with Crippen molar-refractivity contribution in [3.8, 4) is 0 Å². The highest BCUT2D eigenvalue weighted by molar-refractivity contribution is 5.17. The van der Waals surface area contributed by atoms with Gasteiger partial charge in [0.25, 0.3) is 0 Å². The Morgan fingerprint density at radius 1 is 1.44 bits per heavy atom. The van der Waals surface area contributed by atoms with Crippen LogP contribution in [0.4, 0.5) is 0 Å². The highest BCUT2D eigenvalue weighted by atomic mass is 16.5. The summed E-state index contributed by atoms with van der Waals surface area (Å²) in [5, 5.41) is 0. The molecule has 2 N–H and O–H groups in total. The van der Waals surface area contributed by atoms with Crippen LogP contribution in [0.5, 0.6) is 0 Å². The van der Waals surface area contributed by atoms with E-state index < -0.39 is 0 Å². The molecule has 1 aliphatic rings. The second-order valence-corrected chi connectivity index (χ2v) is 4.13. The minimum absolute atomic E-state index is 0.275. The van der Waals surface area contributed by atoms with Crippen LogP contribution in [0.3, 0.4) is 0 Å². The van der Waals surface area contributed by atoms with Crippen molar-refractivity contribution >= 4 is 0 Å². The predicted octanol–water partition coefficient (Wildman–Crippen LogP) is 0.722. The Morgan fingerprint density at radius 2 is 2.19 bits per heavy atom. The molecule has 1 aromatic heterocycles. The molecule has 88 valence electrons. The van der Waals surface area contributed by atoms with Gasteiger partial charge in [-0.2, -0.15) is 0 Å². The molecule has 1 saturated heterocycles. The Labute approximate surface area is 96.4 Å². The minimum Gasteiger partial charge on any atom is -0.379 e. The summed E-state index contributed by atoms with van der Waals surface area (Å²) in [5.74, 6) is 0. The highest BCUT2D eigenvalue weighted by Gasteiger charge is 2.21. The maximum Gasteiger partial charge on any atom is 0.0594 e. The molecule has 0 aliphatic carbocycles. The van der Waals surface area contributed by atoms with Gasteiger partial charge in [-0.1, -0.05) is 6.07 Å². The zero-order valence-corrected chi connectivity index (χ0v) is 9.72. The molecule has 2 rings (SSSR count). The zero-order chi connectivity index (χ0) is 11.4. The number of hydrogen-bond acceptors (Lipinski definition) is 4. The number of pyridine rings is 1. The molecule has 4 nitrogen and oxygen atoms in total. The quantitative estimate of drug-likeness (QED) is 0.817. The summed E-state index contributed by atoms with van der Waals surface area (Å²) in [6.45, 7) is 6.14.